The van der Waals surface area contributed by atoms with E-state index in [4.69, 9.17) is 16.3 Å². The van der Waals surface area contributed by atoms with Crippen LogP contribution in [0.4, 0.5) is 5.69 Å². The number of phenols is 1. The number of phenolic OH excluding ortho intramolecular Hbond substituents is 1. The van der Waals surface area contributed by atoms with Crippen molar-refractivity contribution in [1.29, 1.82) is 0 Å². The van der Waals surface area contributed by atoms with E-state index in [1.807, 2.05) is 35.2 Å². The highest BCUT2D eigenvalue weighted by Gasteiger charge is 2.23. The number of carbonyl (C=O) groups is 2. The number of piperazine rings is 1. The van der Waals surface area contributed by atoms with Crippen LogP contribution in [0.15, 0.2) is 77.9 Å². The van der Waals surface area contributed by atoms with E-state index in [0.29, 0.717) is 18.8 Å². The van der Waals surface area contributed by atoms with E-state index in [2.05, 4.69) is 47.5 Å². The van der Waals surface area contributed by atoms with Crippen LogP contribution in [-0.4, -0.2) is 60.8 Å². The number of aromatic hydroxyl groups is 1. The molecular weight excluding hydrogens is 540 g/mol. The first-order valence-corrected chi connectivity index (χ1v) is 13.7. The molecule has 9 heteroatoms. The number of ether oxygens (including phenoxy) is 1. The van der Waals surface area contributed by atoms with E-state index >= 15 is 0 Å². The summed E-state index contributed by atoms with van der Waals surface area (Å²) < 4.78 is 6.01. The predicted octanol–water partition coefficient (Wildman–Crippen LogP) is 5.31. The molecule has 1 aliphatic rings. The molecule has 0 spiro atoms. The number of hydrogen-bond donors (Lipinski definition) is 2. The van der Waals surface area contributed by atoms with Crippen molar-refractivity contribution in [3.05, 3.63) is 100 Å². The van der Waals surface area contributed by atoms with E-state index in [-0.39, 0.29) is 28.8 Å². The standard InChI is InChI=1S/C32H31ClN4O4/c1-21-6-5-9-28(22(21)2)36-14-16-37(17-15-36)31(39)20-41-30-13-11-24(25-7-3-4-8-26(25)30)19-34-35-32(40)23-10-12-29(38)27(33)18-23/h3-13,18-19,38H,14-17,20H2,1-2H3,(H,35,40)/b34-19+. The van der Waals surface area contributed by atoms with E-state index in [1.165, 1.54) is 35.0 Å². The summed E-state index contributed by atoms with van der Waals surface area (Å²) in [5.41, 5.74) is 7.29. The Bertz CT molecular complexity index is 1630. The number of hydrogen-bond acceptors (Lipinski definition) is 6. The van der Waals surface area contributed by atoms with Gasteiger partial charge in [-0.3, -0.25) is 9.59 Å². The zero-order valence-electron chi connectivity index (χ0n) is 22.9. The maximum Gasteiger partial charge on any atom is 0.271 e. The van der Waals surface area contributed by atoms with Crippen molar-refractivity contribution in [1.82, 2.24) is 10.3 Å². The summed E-state index contributed by atoms with van der Waals surface area (Å²) in [7, 11) is 0. The van der Waals surface area contributed by atoms with Gasteiger partial charge in [0.1, 0.15) is 11.5 Å². The van der Waals surface area contributed by atoms with Gasteiger partial charge in [0.2, 0.25) is 0 Å². The maximum atomic E-state index is 13.0. The largest absolute Gasteiger partial charge is 0.506 e. The Morgan fingerprint density at radius 2 is 1.73 bits per heavy atom. The molecule has 0 radical (unpaired) electrons. The number of halogens is 1. The van der Waals surface area contributed by atoms with Gasteiger partial charge in [0.05, 0.1) is 11.2 Å². The van der Waals surface area contributed by atoms with Crippen LogP contribution >= 0.6 is 11.6 Å². The van der Waals surface area contributed by atoms with Gasteiger partial charge in [0, 0.05) is 48.4 Å². The smallest absolute Gasteiger partial charge is 0.271 e. The summed E-state index contributed by atoms with van der Waals surface area (Å²) in [6.45, 7) is 7.06. The highest BCUT2D eigenvalue weighted by atomic mass is 35.5. The number of benzene rings is 4. The van der Waals surface area contributed by atoms with Crippen molar-refractivity contribution in [2.75, 3.05) is 37.7 Å². The molecule has 0 atom stereocenters. The SMILES string of the molecule is Cc1cccc(N2CCN(C(=O)COc3ccc(/C=N/NC(=O)c4ccc(O)c(Cl)c4)c4ccccc34)CC2)c1C. The van der Waals surface area contributed by atoms with Crippen LogP contribution in [-0.2, 0) is 4.79 Å². The normalized spacial score (nSPS) is 13.5. The highest BCUT2D eigenvalue weighted by molar-refractivity contribution is 6.32. The minimum absolute atomic E-state index is 0.0441. The molecule has 1 saturated heterocycles. The molecule has 1 fully saturated rings. The van der Waals surface area contributed by atoms with Crippen molar-refractivity contribution < 1.29 is 19.4 Å². The fraction of sp³-hybridized carbons (Fsp3) is 0.219. The van der Waals surface area contributed by atoms with Crippen LogP contribution in [0.1, 0.15) is 27.0 Å². The van der Waals surface area contributed by atoms with Gasteiger partial charge in [-0.15, -0.1) is 0 Å². The monoisotopic (exact) mass is 570 g/mol. The molecule has 0 saturated carbocycles. The Morgan fingerprint density at radius 1 is 0.976 bits per heavy atom. The summed E-state index contributed by atoms with van der Waals surface area (Å²) in [5, 5.41) is 15.4. The Morgan fingerprint density at radius 3 is 2.49 bits per heavy atom. The fourth-order valence-electron chi connectivity index (χ4n) is 4.91. The lowest BCUT2D eigenvalue weighted by Crippen LogP contribution is -2.50. The molecule has 0 bridgehead atoms. The highest BCUT2D eigenvalue weighted by Crippen LogP contribution is 2.29. The molecule has 0 aliphatic carbocycles. The second kappa shape index (κ2) is 12.3. The van der Waals surface area contributed by atoms with Crippen molar-refractivity contribution in [3.8, 4) is 11.5 Å². The number of rotatable bonds is 7. The minimum Gasteiger partial charge on any atom is -0.506 e. The average Bonchev–Trinajstić information content (AvgIpc) is 2.99. The Hall–Kier alpha value is -4.56. The number of hydrazone groups is 1. The summed E-state index contributed by atoms with van der Waals surface area (Å²) >= 11 is 5.89. The topological polar surface area (TPSA) is 94.5 Å². The average molecular weight is 571 g/mol. The number of nitrogens with one attached hydrogen (secondary N) is 1. The van der Waals surface area contributed by atoms with E-state index in [9.17, 15) is 14.7 Å². The van der Waals surface area contributed by atoms with Crippen LogP contribution < -0.4 is 15.1 Å². The molecule has 4 aromatic rings. The van der Waals surface area contributed by atoms with Crippen LogP contribution in [0.3, 0.4) is 0 Å². The fourth-order valence-corrected chi connectivity index (χ4v) is 5.09. The molecule has 2 amide bonds. The Kier molecular flexibility index (Phi) is 8.40. The molecule has 4 aromatic carbocycles. The third-order valence-electron chi connectivity index (χ3n) is 7.40. The number of amides is 2. The molecule has 1 aliphatic heterocycles. The lowest BCUT2D eigenvalue weighted by molar-refractivity contribution is -0.133. The van der Waals surface area contributed by atoms with Crippen molar-refractivity contribution in [2.45, 2.75) is 13.8 Å². The predicted molar refractivity (Wildman–Crippen MR) is 162 cm³/mol. The summed E-state index contributed by atoms with van der Waals surface area (Å²) in [4.78, 5) is 29.6. The van der Waals surface area contributed by atoms with Crippen LogP contribution in [0.2, 0.25) is 5.02 Å². The molecular formula is C32H31ClN4O4. The molecule has 2 N–H and O–H groups in total. The Labute approximate surface area is 243 Å². The summed E-state index contributed by atoms with van der Waals surface area (Å²) in [5.74, 6) is -0.000918. The van der Waals surface area contributed by atoms with E-state index < -0.39 is 5.91 Å². The van der Waals surface area contributed by atoms with E-state index in [0.717, 1.165) is 29.4 Å². The van der Waals surface area contributed by atoms with Gasteiger partial charge >= 0.3 is 0 Å². The molecule has 1 heterocycles. The molecule has 210 valence electrons. The first-order valence-electron chi connectivity index (χ1n) is 13.4. The first-order chi connectivity index (χ1) is 19.8. The second-order valence-electron chi connectivity index (χ2n) is 9.94. The van der Waals surface area contributed by atoms with Gasteiger partial charge in [-0.05, 0) is 66.8 Å². The van der Waals surface area contributed by atoms with Crippen molar-refractivity contribution in [3.63, 3.8) is 0 Å². The van der Waals surface area contributed by atoms with Crippen molar-refractivity contribution >= 4 is 46.1 Å². The minimum atomic E-state index is -0.458. The van der Waals surface area contributed by atoms with Gasteiger partial charge in [0.15, 0.2) is 6.61 Å². The van der Waals surface area contributed by atoms with Crippen LogP contribution in [0, 0.1) is 13.8 Å². The summed E-state index contributed by atoms with van der Waals surface area (Å²) in [6.07, 6.45) is 1.55. The van der Waals surface area contributed by atoms with Crippen LogP contribution in [0.25, 0.3) is 10.8 Å². The molecule has 41 heavy (non-hydrogen) atoms. The van der Waals surface area contributed by atoms with Gasteiger partial charge in [-0.25, -0.2) is 5.43 Å². The van der Waals surface area contributed by atoms with Crippen molar-refractivity contribution in [2.24, 2.45) is 5.10 Å². The quantitative estimate of drug-likeness (QED) is 0.232. The zero-order valence-corrected chi connectivity index (χ0v) is 23.7. The number of nitrogens with zero attached hydrogens (tertiary/aromatic N) is 3. The van der Waals surface area contributed by atoms with Gasteiger partial charge in [0.25, 0.3) is 11.8 Å². The van der Waals surface area contributed by atoms with Gasteiger partial charge < -0.3 is 19.6 Å². The van der Waals surface area contributed by atoms with Gasteiger partial charge in [-0.1, -0.05) is 48.0 Å². The Balaban J connectivity index is 1.20. The second-order valence-corrected chi connectivity index (χ2v) is 10.3. The zero-order chi connectivity index (χ0) is 28.9. The maximum absolute atomic E-state index is 13.0. The van der Waals surface area contributed by atoms with Gasteiger partial charge in [-0.2, -0.15) is 5.10 Å². The lowest BCUT2D eigenvalue weighted by Gasteiger charge is -2.37. The third-order valence-corrected chi connectivity index (χ3v) is 7.70. The lowest BCUT2D eigenvalue weighted by atomic mass is 10.0. The number of anilines is 1. The molecule has 0 aromatic heterocycles. The number of carbonyl (C=O) groups excluding carboxylic acids is 2. The molecule has 0 unspecified atom stereocenters. The van der Waals surface area contributed by atoms with E-state index in [1.54, 1.807) is 12.3 Å². The molecule has 8 nitrogen and oxygen atoms in total. The number of fused-ring (bicyclic) bond motifs is 1. The summed E-state index contributed by atoms with van der Waals surface area (Å²) in [6, 6.07) is 21.8. The first kappa shape index (κ1) is 28.0. The van der Waals surface area contributed by atoms with Crippen LogP contribution in [0.5, 0.6) is 11.5 Å². The molecule has 5 rings (SSSR count). The third kappa shape index (κ3) is 6.28. The number of aryl methyl sites for hydroxylation is 1.